The molecule has 0 radical (unpaired) electrons. The summed E-state index contributed by atoms with van der Waals surface area (Å²) in [4.78, 5) is 33.9. The van der Waals surface area contributed by atoms with E-state index < -0.39 is 12.0 Å². The van der Waals surface area contributed by atoms with Crippen LogP contribution in [0.3, 0.4) is 0 Å². The quantitative estimate of drug-likeness (QED) is 0.537. The van der Waals surface area contributed by atoms with Crippen molar-refractivity contribution in [2.24, 2.45) is 0 Å². The Morgan fingerprint density at radius 1 is 1.43 bits per heavy atom. The lowest BCUT2D eigenvalue weighted by Gasteiger charge is -2.25. The highest BCUT2D eigenvalue weighted by atomic mass is 16.4. The van der Waals surface area contributed by atoms with Crippen LogP contribution in [-0.4, -0.2) is 59.9 Å². The van der Waals surface area contributed by atoms with E-state index in [0.29, 0.717) is 19.4 Å². The maximum absolute atomic E-state index is 10.8. The fourth-order valence-electron chi connectivity index (χ4n) is 1.01. The van der Waals surface area contributed by atoms with Gasteiger partial charge in [0.15, 0.2) is 0 Å². The van der Waals surface area contributed by atoms with Gasteiger partial charge >= 0.3 is 5.97 Å². The standard InChI is InChI=1S/C8H14N2O4/c1-3-10(6-12)7(8(13)14)4-9(2)5-11/h5-7H,3-4H2,1-2H3,(H,13,14). The molecule has 0 saturated carbocycles. The molecular formula is C8H14N2O4. The fourth-order valence-corrected chi connectivity index (χ4v) is 1.01. The van der Waals surface area contributed by atoms with Gasteiger partial charge in [0.05, 0.1) is 6.54 Å². The average Bonchev–Trinajstić information content (AvgIpc) is 2.17. The predicted octanol–water partition coefficient (Wildman–Crippen LogP) is -0.994. The minimum Gasteiger partial charge on any atom is -0.480 e. The zero-order valence-corrected chi connectivity index (χ0v) is 8.21. The molecule has 0 aliphatic heterocycles. The van der Waals surface area contributed by atoms with Crippen LogP contribution in [0.4, 0.5) is 0 Å². The number of carboxylic acids is 1. The summed E-state index contributed by atoms with van der Waals surface area (Å²) in [5.41, 5.74) is 0. The highest BCUT2D eigenvalue weighted by Gasteiger charge is 2.24. The Bertz CT molecular complexity index is 219. The minimum atomic E-state index is -1.12. The van der Waals surface area contributed by atoms with Gasteiger partial charge in [0.25, 0.3) is 0 Å². The molecular weight excluding hydrogens is 188 g/mol. The van der Waals surface area contributed by atoms with E-state index in [-0.39, 0.29) is 6.54 Å². The third kappa shape index (κ3) is 3.42. The molecule has 0 aromatic carbocycles. The molecule has 0 heterocycles. The fraction of sp³-hybridized carbons (Fsp3) is 0.625. The number of hydrogen-bond donors (Lipinski definition) is 1. The second kappa shape index (κ2) is 5.95. The number of aliphatic carboxylic acids is 1. The lowest BCUT2D eigenvalue weighted by Crippen LogP contribution is -2.47. The van der Waals surface area contributed by atoms with Crippen LogP contribution >= 0.6 is 0 Å². The SMILES string of the molecule is CCN(C=O)C(CN(C)C=O)C(=O)O. The molecule has 0 rings (SSSR count). The van der Waals surface area contributed by atoms with Gasteiger partial charge in [0, 0.05) is 13.6 Å². The van der Waals surface area contributed by atoms with Gasteiger partial charge in [-0.05, 0) is 6.92 Å². The summed E-state index contributed by atoms with van der Waals surface area (Å²) in [5, 5.41) is 8.81. The molecule has 2 amide bonds. The number of carboxylic acid groups (broad SMARTS) is 1. The molecule has 1 unspecified atom stereocenters. The second-order valence-electron chi connectivity index (χ2n) is 2.83. The van der Waals surface area contributed by atoms with Gasteiger partial charge in [-0.15, -0.1) is 0 Å². The monoisotopic (exact) mass is 202 g/mol. The van der Waals surface area contributed by atoms with Crippen LogP contribution in [0.2, 0.25) is 0 Å². The molecule has 0 bridgehead atoms. The molecule has 14 heavy (non-hydrogen) atoms. The normalized spacial score (nSPS) is 11.6. The first kappa shape index (κ1) is 12.4. The third-order valence-corrected chi connectivity index (χ3v) is 1.83. The van der Waals surface area contributed by atoms with E-state index >= 15 is 0 Å². The summed E-state index contributed by atoms with van der Waals surface area (Å²) in [6, 6.07) is -0.979. The van der Waals surface area contributed by atoms with E-state index in [9.17, 15) is 14.4 Å². The second-order valence-corrected chi connectivity index (χ2v) is 2.83. The smallest absolute Gasteiger partial charge is 0.328 e. The highest BCUT2D eigenvalue weighted by Crippen LogP contribution is 1.98. The first-order chi connectivity index (χ1) is 6.56. The summed E-state index contributed by atoms with van der Waals surface area (Å²) >= 11 is 0. The van der Waals surface area contributed by atoms with Crippen LogP contribution in [0.15, 0.2) is 0 Å². The van der Waals surface area contributed by atoms with Crippen molar-refractivity contribution in [3.8, 4) is 0 Å². The largest absolute Gasteiger partial charge is 0.480 e. The molecule has 0 aromatic heterocycles. The molecule has 0 fully saturated rings. The van der Waals surface area contributed by atoms with Crippen LogP contribution in [0.25, 0.3) is 0 Å². The number of amides is 2. The summed E-state index contributed by atoms with van der Waals surface area (Å²) in [7, 11) is 1.46. The number of nitrogens with zero attached hydrogens (tertiary/aromatic N) is 2. The Labute approximate surface area is 82.1 Å². The summed E-state index contributed by atoms with van der Waals surface area (Å²) < 4.78 is 0. The van der Waals surface area contributed by atoms with Gasteiger partial charge in [0.1, 0.15) is 6.04 Å². The number of likely N-dealkylation sites (N-methyl/N-ethyl adjacent to an activating group) is 2. The zero-order chi connectivity index (χ0) is 11.1. The van der Waals surface area contributed by atoms with Crippen LogP contribution in [0, 0.1) is 0 Å². The van der Waals surface area contributed by atoms with Crippen LogP contribution < -0.4 is 0 Å². The van der Waals surface area contributed by atoms with Crippen molar-refractivity contribution < 1.29 is 19.5 Å². The molecule has 6 nitrogen and oxygen atoms in total. The number of rotatable bonds is 7. The van der Waals surface area contributed by atoms with Crippen molar-refractivity contribution in [2.45, 2.75) is 13.0 Å². The van der Waals surface area contributed by atoms with Gasteiger partial charge < -0.3 is 14.9 Å². The van der Waals surface area contributed by atoms with Crippen molar-refractivity contribution >= 4 is 18.8 Å². The Kier molecular flexibility index (Phi) is 5.28. The van der Waals surface area contributed by atoms with E-state index in [1.54, 1.807) is 6.92 Å². The van der Waals surface area contributed by atoms with E-state index in [1.165, 1.54) is 11.9 Å². The van der Waals surface area contributed by atoms with E-state index in [1.807, 2.05) is 0 Å². The first-order valence-corrected chi connectivity index (χ1v) is 4.16. The Hall–Kier alpha value is -1.59. The van der Waals surface area contributed by atoms with Crippen molar-refractivity contribution in [1.82, 2.24) is 9.80 Å². The lowest BCUT2D eigenvalue weighted by atomic mass is 10.2. The van der Waals surface area contributed by atoms with Gasteiger partial charge in [0.2, 0.25) is 12.8 Å². The topological polar surface area (TPSA) is 77.9 Å². The molecule has 80 valence electrons. The van der Waals surface area contributed by atoms with Crippen LogP contribution in [0.5, 0.6) is 0 Å². The Balaban J connectivity index is 4.49. The minimum absolute atomic E-state index is 0.00852. The van der Waals surface area contributed by atoms with Crippen molar-refractivity contribution in [1.29, 1.82) is 0 Å². The van der Waals surface area contributed by atoms with Crippen molar-refractivity contribution in [2.75, 3.05) is 20.1 Å². The summed E-state index contributed by atoms with van der Waals surface area (Å²) in [5.74, 6) is -1.12. The molecule has 0 aromatic rings. The third-order valence-electron chi connectivity index (χ3n) is 1.83. The molecule has 0 spiro atoms. The van der Waals surface area contributed by atoms with Crippen LogP contribution in [-0.2, 0) is 14.4 Å². The summed E-state index contributed by atoms with van der Waals surface area (Å²) in [6.45, 7) is 1.96. The van der Waals surface area contributed by atoms with Crippen molar-refractivity contribution in [3.05, 3.63) is 0 Å². The molecule has 1 atom stereocenters. The van der Waals surface area contributed by atoms with Gasteiger partial charge in [-0.3, -0.25) is 9.59 Å². The molecule has 0 aliphatic rings. The average molecular weight is 202 g/mol. The predicted molar refractivity (Wildman–Crippen MR) is 48.6 cm³/mol. The van der Waals surface area contributed by atoms with Crippen LogP contribution in [0.1, 0.15) is 6.92 Å². The van der Waals surface area contributed by atoms with Gasteiger partial charge in [-0.2, -0.15) is 0 Å². The molecule has 1 N–H and O–H groups in total. The van der Waals surface area contributed by atoms with Gasteiger partial charge in [-0.25, -0.2) is 4.79 Å². The Morgan fingerprint density at radius 2 is 2.00 bits per heavy atom. The van der Waals surface area contributed by atoms with E-state index in [4.69, 9.17) is 5.11 Å². The maximum atomic E-state index is 10.8. The maximum Gasteiger partial charge on any atom is 0.328 e. The summed E-state index contributed by atoms with van der Waals surface area (Å²) in [6.07, 6.45) is 0.992. The number of carbonyl (C=O) groups is 3. The molecule has 6 heteroatoms. The molecule has 0 aliphatic carbocycles. The van der Waals surface area contributed by atoms with E-state index in [0.717, 1.165) is 4.90 Å². The first-order valence-electron chi connectivity index (χ1n) is 4.16. The van der Waals surface area contributed by atoms with Crippen molar-refractivity contribution in [3.63, 3.8) is 0 Å². The van der Waals surface area contributed by atoms with Gasteiger partial charge in [-0.1, -0.05) is 0 Å². The molecule has 0 saturated heterocycles. The number of hydrogen-bond acceptors (Lipinski definition) is 3. The number of carbonyl (C=O) groups excluding carboxylic acids is 2. The zero-order valence-electron chi connectivity index (χ0n) is 8.21. The lowest BCUT2D eigenvalue weighted by molar-refractivity contribution is -0.147. The highest BCUT2D eigenvalue weighted by molar-refractivity contribution is 5.76. The Morgan fingerprint density at radius 3 is 2.29 bits per heavy atom. The van der Waals surface area contributed by atoms with E-state index in [2.05, 4.69) is 0 Å².